The summed E-state index contributed by atoms with van der Waals surface area (Å²) in [6.07, 6.45) is -0.936. The highest BCUT2D eigenvalue weighted by Gasteiger charge is 2.28. The number of carbonyl (C=O) groups is 3. The Morgan fingerprint density at radius 3 is 2.30 bits per heavy atom. The van der Waals surface area contributed by atoms with Crippen LogP contribution in [0.2, 0.25) is 0 Å². The summed E-state index contributed by atoms with van der Waals surface area (Å²) < 4.78 is 5.01. The lowest BCUT2D eigenvalue weighted by molar-refractivity contribution is -0.139. The van der Waals surface area contributed by atoms with Gasteiger partial charge in [0.1, 0.15) is 11.4 Å². The zero-order valence-corrected chi connectivity index (χ0v) is 13.3. The quantitative estimate of drug-likeness (QED) is 0.628. The summed E-state index contributed by atoms with van der Waals surface area (Å²) in [5, 5.41) is 24.0. The Kier molecular flexibility index (Phi) is 5.56. The van der Waals surface area contributed by atoms with E-state index in [0.717, 1.165) is 0 Å². The van der Waals surface area contributed by atoms with Crippen molar-refractivity contribution in [1.82, 2.24) is 5.32 Å². The van der Waals surface area contributed by atoms with Gasteiger partial charge in [-0.15, -0.1) is 0 Å². The Labute approximate surface area is 133 Å². The Morgan fingerprint density at radius 1 is 1.22 bits per heavy atom. The number of nitrogens with one attached hydrogen (secondary N) is 2. The van der Waals surface area contributed by atoms with Crippen molar-refractivity contribution in [2.45, 2.75) is 39.3 Å². The minimum Gasteiger partial charge on any atom is -0.505 e. The molecule has 0 bridgehead atoms. The number of hydrogen-bond acceptors (Lipinski definition) is 5. The molecule has 4 N–H and O–H groups in total. The van der Waals surface area contributed by atoms with Gasteiger partial charge in [0.15, 0.2) is 6.04 Å². The van der Waals surface area contributed by atoms with E-state index in [1.54, 1.807) is 20.8 Å². The molecule has 1 unspecified atom stereocenters. The van der Waals surface area contributed by atoms with Crippen LogP contribution in [0.4, 0.5) is 10.5 Å². The molecule has 0 aliphatic carbocycles. The number of alkyl carbamates (subject to hydrolysis) is 1. The fourth-order valence-corrected chi connectivity index (χ4v) is 1.78. The van der Waals surface area contributed by atoms with Crippen LogP contribution in [0.1, 0.15) is 39.3 Å². The van der Waals surface area contributed by atoms with Crippen LogP contribution in [-0.4, -0.2) is 33.8 Å². The molecule has 0 spiro atoms. The van der Waals surface area contributed by atoms with Crippen molar-refractivity contribution >= 4 is 23.7 Å². The van der Waals surface area contributed by atoms with Gasteiger partial charge in [-0.1, -0.05) is 12.1 Å². The highest BCUT2D eigenvalue weighted by atomic mass is 16.6. The molecule has 1 aromatic rings. The zero-order chi connectivity index (χ0) is 17.8. The van der Waals surface area contributed by atoms with Crippen molar-refractivity contribution in [3.05, 3.63) is 23.8 Å². The van der Waals surface area contributed by atoms with Gasteiger partial charge < -0.3 is 25.6 Å². The predicted octanol–water partition coefficient (Wildman–Crippen LogP) is 2.00. The van der Waals surface area contributed by atoms with E-state index in [4.69, 9.17) is 4.74 Å². The molecule has 0 saturated carbocycles. The van der Waals surface area contributed by atoms with E-state index < -0.39 is 35.4 Å². The highest BCUT2D eigenvalue weighted by molar-refractivity contribution is 5.91. The number of amides is 2. The Bertz CT molecular complexity index is 621. The lowest BCUT2D eigenvalue weighted by Gasteiger charge is -2.22. The smallest absolute Gasteiger partial charge is 0.408 e. The van der Waals surface area contributed by atoms with Gasteiger partial charge in [-0.3, -0.25) is 4.79 Å². The summed E-state index contributed by atoms with van der Waals surface area (Å²) in [6.45, 7) is 6.16. The number of carboxylic acids is 1. The van der Waals surface area contributed by atoms with Crippen molar-refractivity contribution in [1.29, 1.82) is 0 Å². The van der Waals surface area contributed by atoms with E-state index in [-0.39, 0.29) is 11.3 Å². The molecule has 8 heteroatoms. The summed E-state index contributed by atoms with van der Waals surface area (Å²) in [7, 11) is 0. The maximum absolute atomic E-state index is 11.8. The monoisotopic (exact) mass is 324 g/mol. The molecule has 2 amide bonds. The zero-order valence-electron chi connectivity index (χ0n) is 13.3. The van der Waals surface area contributed by atoms with E-state index in [2.05, 4.69) is 10.6 Å². The molecule has 1 aromatic carbocycles. The van der Waals surface area contributed by atoms with Gasteiger partial charge in [-0.05, 0) is 26.8 Å². The number of hydrogen-bond donors (Lipinski definition) is 4. The topological polar surface area (TPSA) is 125 Å². The lowest BCUT2D eigenvalue weighted by atomic mass is 10.0. The Morgan fingerprint density at radius 2 is 1.83 bits per heavy atom. The third-order valence-corrected chi connectivity index (χ3v) is 2.60. The van der Waals surface area contributed by atoms with Crippen LogP contribution in [0, 0.1) is 0 Å². The number of aromatic hydroxyl groups is 1. The number of carboxylic acid groups (broad SMARTS) is 1. The van der Waals surface area contributed by atoms with Gasteiger partial charge in [-0.2, -0.15) is 0 Å². The van der Waals surface area contributed by atoms with E-state index in [9.17, 15) is 24.6 Å². The van der Waals surface area contributed by atoms with Crippen LogP contribution in [0.3, 0.4) is 0 Å². The molecule has 1 rings (SSSR count). The standard InChI is InChI=1S/C15H20N2O6/c1-8(18)16-10-7-5-6-9(12(10)19)11(13(20)21)17-14(22)23-15(2,3)4/h5-7,11,19H,1-4H3,(H,16,18)(H,17,22)(H,20,21). The van der Waals surface area contributed by atoms with E-state index in [0.29, 0.717) is 0 Å². The molecule has 0 aliphatic heterocycles. The molecule has 0 aliphatic rings. The molecule has 0 saturated heterocycles. The minimum atomic E-state index is -1.53. The van der Waals surface area contributed by atoms with Crippen molar-refractivity contribution in [3.8, 4) is 5.75 Å². The average molecular weight is 324 g/mol. The summed E-state index contributed by atoms with van der Waals surface area (Å²) in [6, 6.07) is 2.66. The lowest BCUT2D eigenvalue weighted by Crippen LogP contribution is -2.38. The number of anilines is 1. The number of rotatable bonds is 4. The van der Waals surface area contributed by atoms with Crippen LogP contribution in [0.25, 0.3) is 0 Å². The first kappa shape index (κ1) is 18.3. The second-order valence-electron chi connectivity index (χ2n) is 5.84. The molecule has 0 radical (unpaired) electrons. The van der Waals surface area contributed by atoms with Crippen molar-refractivity contribution in [2.24, 2.45) is 0 Å². The summed E-state index contributed by atoms with van der Waals surface area (Å²) in [5.41, 5.74) is -0.824. The molecular formula is C15H20N2O6. The van der Waals surface area contributed by atoms with Crippen LogP contribution >= 0.6 is 0 Å². The van der Waals surface area contributed by atoms with Gasteiger partial charge >= 0.3 is 12.1 Å². The fraction of sp³-hybridized carbons (Fsp3) is 0.400. The van der Waals surface area contributed by atoms with Crippen molar-refractivity contribution in [2.75, 3.05) is 5.32 Å². The third-order valence-electron chi connectivity index (χ3n) is 2.60. The normalized spacial score (nSPS) is 12.2. The second kappa shape index (κ2) is 6.99. The number of ether oxygens (including phenoxy) is 1. The molecule has 0 heterocycles. The summed E-state index contributed by atoms with van der Waals surface area (Å²) >= 11 is 0. The number of phenolic OH excluding ortho intramolecular Hbond substituents is 1. The first-order chi connectivity index (χ1) is 10.5. The van der Waals surface area contributed by atoms with Gasteiger partial charge in [0.2, 0.25) is 5.91 Å². The Hall–Kier alpha value is -2.77. The molecule has 0 fully saturated rings. The molecule has 0 aromatic heterocycles. The summed E-state index contributed by atoms with van der Waals surface area (Å²) in [5.74, 6) is -2.25. The fourth-order valence-electron chi connectivity index (χ4n) is 1.78. The summed E-state index contributed by atoms with van der Waals surface area (Å²) in [4.78, 5) is 34.3. The molecular weight excluding hydrogens is 304 g/mol. The largest absolute Gasteiger partial charge is 0.505 e. The SMILES string of the molecule is CC(=O)Nc1cccc(C(NC(=O)OC(C)(C)C)C(=O)O)c1O. The Balaban J connectivity index is 3.09. The van der Waals surface area contributed by atoms with Crippen LogP contribution in [0.5, 0.6) is 5.75 Å². The van der Waals surface area contributed by atoms with Gasteiger partial charge in [0.25, 0.3) is 0 Å². The number of carbonyl (C=O) groups excluding carboxylic acids is 2. The number of phenols is 1. The van der Waals surface area contributed by atoms with Crippen molar-refractivity contribution < 1.29 is 29.3 Å². The first-order valence-electron chi connectivity index (χ1n) is 6.83. The highest BCUT2D eigenvalue weighted by Crippen LogP contribution is 2.32. The molecule has 8 nitrogen and oxygen atoms in total. The number of aliphatic carboxylic acids is 1. The van der Waals surface area contributed by atoms with Gasteiger partial charge in [-0.25, -0.2) is 9.59 Å². The van der Waals surface area contributed by atoms with Crippen molar-refractivity contribution in [3.63, 3.8) is 0 Å². The van der Waals surface area contributed by atoms with Gasteiger partial charge in [0.05, 0.1) is 5.69 Å². The first-order valence-corrected chi connectivity index (χ1v) is 6.83. The van der Waals surface area contributed by atoms with E-state index in [1.807, 2.05) is 0 Å². The number of benzene rings is 1. The predicted molar refractivity (Wildman–Crippen MR) is 82.2 cm³/mol. The molecule has 23 heavy (non-hydrogen) atoms. The minimum absolute atomic E-state index is 0.0484. The van der Waals surface area contributed by atoms with Crippen LogP contribution in [0.15, 0.2) is 18.2 Å². The maximum Gasteiger partial charge on any atom is 0.408 e. The van der Waals surface area contributed by atoms with Crippen LogP contribution < -0.4 is 10.6 Å². The molecule has 1 atom stereocenters. The molecule has 126 valence electrons. The number of para-hydroxylation sites is 1. The third kappa shape index (κ3) is 5.50. The van der Waals surface area contributed by atoms with E-state index >= 15 is 0 Å². The van der Waals surface area contributed by atoms with E-state index in [1.165, 1.54) is 25.1 Å². The average Bonchev–Trinajstić information content (AvgIpc) is 2.36. The maximum atomic E-state index is 11.8. The van der Waals surface area contributed by atoms with Crippen LogP contribution in [-0.2, 0) is 14.3 Å². The second-order valence-corrected chi connectivity index (χ2v) is 5.84. The van der Waals surface area contributed by atoms with Gasteiger partial charge in [0, 0.05) is 12.5 Å².